The summed E-state index contributed by atoms with van der Waals surface area (Å²) in [7, 11) is -3.96. The highest BCUT2D eigenvalue weighted by molar-refractivity contribution is 7.89. The largest absolute Gasteiger partial charge is 0.480 e. The summed E-state index contributed by atoms with van der Waals surface area (Å²) < 4.78 is 27.6. The van der Waals surface area contributed by atoms with Crippen LogP contribution in [0.15, 0.2) is 23.1 Å². The van der Waals surface area contributed by atoms with E-state index >= 15 is 0 Å². The van der Waals surface area contributed by atoms with Crippen LogP contribution in [-0.2, 0) is 26.0 Å². The minimum atomic E-state index is -3.96. The molecule has 1 aromatic carbocycles. The standard InChI is InChI=1S/C18H24N2O5S/c1-3-11(2)16(18(22)23)19-26(24,25)14-6-7-15-13(10-14)8-9-20(15)17(21)12-4-5-12/h6-7,10-12,16,19H,3-5,8-9H2,1-2H3,(H,22,23). The Labute approximate surface area is 153 Å². The van der Waals surface area contributed by atoms with E-state index in [9.17, 15) is 23.1 Å². The van der Waals surface area contributed by atoms with Gasteiger partial charge in [-0.15, -0.1) is 0 Å². The summed E-state index contributed by atoms with van der Waals surface area (Å²) in [4.78, 5) is 25.5. The van der Waals surface area contributed by atoms with Crippen LogP contribution in [0.5, 0.6) is 0 Å². The van der Waals surface area contributed by atoms with Crippen molar-refractivity contribution >= 4 is 27.6 Å². The van der Waals surface area contributed by atoms with Crippen LogP contribution >= 0.6 is 0 Å². The molecule has 1 fully saturated rings. The Bertz CT molecular complexity index is 832. The molecule has 7 nitrogen and oxygen atoms in total. The Kier molecular flexibility index (Phi) is 5.07. The number of aliphatic carboxylic acids is 1. The van der Waals surface area contributed by atoms with Crippen molar-refractivity contribution in [3.05, 3.63) is 23.8 Å². The first-order valence-corrected chi connectivity index (χ1v) is 10.4. The molecule has 1 saturated carbocycles. The molecule has 0 radical (unpaired) electrons. The number of nitrogens with one attached hydrogen (secondary N) is 1. The van der Waals surface area contributed by atoms with Crippen LogP contribution in [0.25, 0.3) is 0 Å². The van der Waals surface area contributed by atoms with Gasteiger partial charge in [-0.05, 0) is 48.9 Å². The number of hydrogen-bond donors (Lipinski definition) is 2. The molecular formula is C18H24N2O5S. The zero-order valence-electron chi connectivity index (χ0n) is 14.9. The van der Waals surface area contributed by atoms with Crippen molar-refractivity contribution in [3.63, 3.8) is 0 Å². The maximum atomic E-state index is 12.6. The summed E-state index contributed by atoms with van der Waals surface area (Å²) in [6.07, 6.45) is 2.99. The summed E-state index contributed by atoms with van der Waals surface area (Å²) in [5.74, 6) is -1.30. The molecule has 0 saturated heterocycles. The highest BCUT2D eigenvalue weighted by Gasteiger charge is 2.37. The normalized spacial score (nSPS) is 19.1. The molecule has 2 N–H and O–H groups in total. The smallest absolute Gasteiger partial charge is 0.322 e. The average molecular weight is 380 g/mol. The van der Waals surface area contributed by atoms with Gasteiger partial charge in [-0.25, -0.2) is 8.42 Å². The number of sulfonamides is 1. The lowest BCUT2D eigenvalue weighted by molar-refractivity contribution is -0.140. The lowest BCUT2D eigenvalue weighted by Gasteiger charge is -2.21. The van der Waals surface area contributed by atoms with Crippen LogP contribution in [0, 0.1) is 11.8 Å². The van der Waals surface area contributed by atoms with E-state index in [2.05, 4.69) is 4.72 Å². The van der Waals surface area contributed by atoms with Gasteiger partial charge in [0.25, 0.3) is 0 Å². The van der Waals surface area contributed by atoms with Gasteiger partial charge in [-0.2, -0.15) is 4.72 Å². The summed E-state index contributed by atoms with van der Waals surface area (Å²) in [6.45, 7) is 4.08. The SMILES string of the molecule is CCC(C)C(NS(=O)(=O)c1ccc2c(c1)CCN2C(=O)C1CC1)C(=O)O. The van der Waals surface area contributed by atoms with Gasteiger partial charge in [-0.1, -0.05) is 20.3 Å². The number of carboxylic acids is 1. The highest BCUT2D eigenvalue weighted by Crippen LogP contribution is 2.37. The van der Waals surface area contributed by atoms with Crippen molar-refractivity contribution in [2.24, 2.45) is 11.8 Å². The molecular weight excluding hydrogens is 356 g/mol. The third-order valence-corrected chi connectivity index (χ3v) is 6.65. The van der Waals surface area contributed by atoms with Gasteiger partial charge < -0.3 is 10.0 Å². The lowest BCUT2D eigenvalue weighted by atomic mass is 10.0. The second-order valence-electron chi connectivity index (χ2n) is 7.13. The third kappa shape index (κ3) is 3.61. The van der Waals surface area contributed by atoms with Crippen molar-refractivity contribution in [2.75, 3.05) is 11.4 Å². The molecule has 2 aliphatic rings. The fraction of sp³-hybridized carbons (Fsp3) is 0.556. The van der Waals surface area contributed by atoms with Gasteiger partial charge in [0.15, 0.2) is 0 Å². The number of nitrogens with zero attached hydrogens (tertiary/aromatic N) is 1. The van der Waals surface area contributed by atoms with Crippen molar-refractivity contribution in [1.82, 2.24) is 4.72 Å². The molecule has 142 valence electrons. The van der Waals surface area contributed by atoms with Crippen LogP contribution < -0.4 is 9.62 Å². The van der Waals surface area contributed by atoms with Crippen LogP contribution in [0.3, 0.4) is 0 Å². The van der Waals surface area contributed by atoms with E-state index < -0.39 is 22.0 Å². The topological polar surface area (TPSA) is 104 Å². The summed E-state index contributed by atoms with van der Waals surface area (Å²) in [6, 6.07) is 3.46. The van der Waals surface area contributed by atoms with E-state index in [0.29, 0.717) is 19.4 Å². The Morgan fingerprint density at radius 1 is 1.35 bits per heavy atom. The molecule has 0 aromatic heterocycles. The zero-order valence-corrected chi connectivity index (χ0v) is 15.8. The van der Waals surface area contributed by atoms with Gasteiger partial charge in [0.1, 0.15) is 6.04 Å². The third-order valence-electron chi connectivity index (χ3n) is 5.21. The number of amides is 1. The molecule has 2 atom stereocenters. The first kappa shape index (κ1) is 18.8. The minimum absolute atomic E-state index is 0.0338. The van der Waals surface area contributed by atoms with Crippen LogP contribution in [0.1, 0.15) is 38.7 Å². The van der Waals surface area contributed by atoms with Gasteiger partial charge >= 0.3 is 5.97 Å². The summed E-state index contributed by atoms with van der Waals surface area (Å²) in [5.41, 5.74) is 1.56. The molecule has 1 heterocycles. The molecule has 2 unspecified atom stereocenters. The molecule has 0 bridgehead atoms. The van der Waals surface area contributed by atoms with E-state index in [-0.39, 0.29) is 22.6 Å². The van der Waals surface area contributed by atoms with E-state index in [1.807, 2.05) is 6.92 Å². The van der Waals surface area contributed by atoms with Crippen molar-refractivity contribution in [1.29, 1.82) is 0 Å². The molecule has 26 heavy (non-hydrogen) atoms. The van der Waals surface area contributed by atoms with Crippen molar-refractivity contribution in [2.45, 2.75) is 50.5 Å². The highest BCUT2D eigenvalue weighted by atomic mass is 32.2. The molecule has 1 aliphatic heterocycles. The monoisotopic (exact) mass is 380 g/mol. The maximum absolute atomic E-state index is 12.6. The van der Waals surface area contributed by atoms with Crippen molar-refractivity contribution in [3.8, 4) is 0 Å². The first-order chi connectivity index (χ1) is 12.2. The number of hydrogen-bond acceptors (Lipinski definition) is 4. The lowest BCUT2D eigenvalue weighted by Crippen LogP contribution is -2.44. The van der Waals surface area contributed by atoms with Crippen LogP contribution in [0.2, 0.25) is 0 Å². The Morgan fingerprint density at radius 3 is 2.62 bits per heavy atom. The van der Waals surface area contributed by atoms with E-state index in [0.717, 1.165) is 24.1 Å². The van der Waals surface area contributed by atoms with Crippen LogP contribution in [0.4, 0.5) is 5.69 Å². The number of carbonyl (C=O) groups excluding carboxylic acids is 1. The molecule has 1 amide bonds. The fourth-order valence-corrected chi connectivity index (χ4v) is 4.55. The second-order valence-corrected chi connectivity index (χ2v) is 8.84. The number of carboxylic acid groups (broad SMARTS) is 1. The molecule has 1 aliphatic carbocycles. The molecule has 0 spiro atoms. The number of anilines is 1. The van der Waals surface area contributed by atoms with Gasteiger partial charge in [0, 0.05) is 18.2 Å². The van der Waals surface area contributed by atoms with Crippen LogP contribution in [-0.4, -0.2) is 38.0 Å². The Morgan fingerprint density at radius 2 is 2.04 bits per heavy atom. The molecule has 1 aromatic rings. The summed E-state index contributed by atoms with van der Waals surface area (Å²) in [5, 5.41) is 9.32. The van der Waals surface area contributed by atoms with Gasteiger partial charge in [-0.3, -0.25) is 9.59 Å². The quantitative estimate of drug-likeness (QED) is 0.750. The second kappa shape index (κ2) is 7.00. The number of carbonyl (C=O) groups is 2. The minimum Gasteiger partial charge on any atom is -0.480 e. The van der Waals surface area contributed by atoms with E-state index in [1.165, 1.54) is 6.07 Å². The Balaban J connectivity index is 1.83. The van der Waals surface area contributed by atoms with Gasteiger partial charge in [0.05, 0.1) is 4.90 Å². The fourth-order valence-electron chi connectivity index (χ4n) is 3.21. The van der Waals surface area contributed by atoms with Gasteiger partial charge in [0.2, 0.25) is 15.9 Å². The Hall–Kier alpha value is -1.93. The molecule has 3 rings (SSSR count). The van der Waals surface area contributed by atoms with Crippen molar-refractivity contribution < 1.29 is 23.1 Å². The number of fused-ring (bicyclic) bond motifs is 1. The predicted molar refractivity (Wildman–Crippen MR) is 96.4 cm³/mol. The van der Waals surface area contributed by atoms with E-state index in [4.69, 9.17) is 0 Å². The number of rotatable bonds is 7. The zero-order chi connectivity index (χ0) is 19.1. The number of benzene rings is 1. The molecule has 8 heteroatoms. The average Bonchev–Trinajstić information content (AvgIpc) is 3.37. The first-order valence-electron chi connectivity index (χ1n) is 8.94. The predicted octanol–water partition coefficient (Wildman–Crippen LogP) is 1.76. The van der Waals surface area contributed by atoms with E-state index in [1.54, 1.807) is 24.0 Å². The maximum Gasteiger partial charge on any atom is 0.322 e. The summed E-state index contributed by atoms with van der Waals surface area (Å²) >= 11 is 0.